The molecule has 1 atom stereocenters. The molecule has 0 saturated carbocycles. The molecule has 0 aromatic carbocycles. The molecule has 6 heteroatoms. The summed E-state index contributed by atoms with van der Waals surface area (Å²) >= 11 is 1.58. The van der Waals surface area contributed by atoms with Gasteiger partial charge in [0.2, 0.25) is 5.95 Å². The molecule has 4 heterocycles. The first-order chi connectivity index (χ1) is 11.3. The maximum absolute atomic E-state index is 12.6. The fraction of sp³-hybridized carbons (Fsp3) is 0.471. The van der Waals surface area contributed by atoms with Gasteiger partial charge in [0.1, 0.15) is 0 Å². The lowest BCUT2D eigenvalue weighted by atomic mass is 9.79. The standard InChI is InChI=1S/C17H20N4OS/c22-15(14-3-10-23-11-14)20-8-1-4-17(12-20)5-9-21(13-17)16-18-6-2-7-19-16/h2-3,6-7,10-11H,1,4-5,8-9,12-13H2/t17-/m1/s1. The van der Waals surface area contributed by atoms with Crippen molar-refractivity contribution < 1.29 is 4.79 Å². The predicted octanol–water partition coefficient (Wildman–Crippen LogP) is 2.67. The van der Waals surface area contributed by atoms with Crippen molar-refractivity contribution in [2.45, 2.75) is 19.3 Å². The van der Waals surface area contributed by atoms with Crippen molar-refractivity contribution in [2.75, 3.05) is 31.1 Å². The zero-order valence-corrected chi connectivity index (χ0v) is 13.8. The second-order valence-corrected chi connectivity index (χ2v) is 7.34. The average Bonchev–Trinajstić information content (AvgIpc) is 3.26. The van der Waals surface area contributed by atoms with Crippen molar-refractivity contribution >= 4 is 23.2 Å². The number of rotatable bonds is 2. The van der Waals surface area contributed by atoms with Gasteiger partial charge in [0, 0.05) is 49.4 Å². The SMILES string of the molecule is O=C(c1ccsc1)N1CCC[C@@]2(CCN(c3ncccn3)C2)C1. The maximum atomic E-state index is 12.6. The molecule has 1 spiro atoms. The summed E-state index contributed by atoms with van der Waals surface area (Å²) in [6.45, 7) is 3.65. The molecule has 2 aliphatic rings. The van der Waals surface area contributed by atoms with Crippen LogP contribution in [0.5, 0.6) is 0 Å². The molecule has 4 rings (SSSR count). The van der Waals surface area contributed by atoms with E-state index < -0.39 is 0 Å². The fourth-order valence-electron chi connectivity index (χ4n) is 3.84. The Kier molecular flexibility index (Phi) is 3.77. The van der Waals surface area contributed by atoms with Crippen LogP contribution in [0.1, 0.15) is 29.6 Å². The van der Waals surface area contributed by atoms with Gasteiger partial charge in [-0.25, -0.2) is 9.97 Å². The van der Waals surface area contributed by atoms with E-state index in [1.54, 1.807) is 23.7 Å². The molecule has 1 amide bonds. The van der Waals surface area contributed by atoms with Crippen LogP contribution in [0.15, 0.2) is 35.3 Å². The van der Waals surface area contributed by atoms with Crippen molar-refractivity contribution in [3.8, 4) is 0 Å². The first-order valence-corrected chi connectivity index (χ1v) is 9.04. The first-order valence-electron chi connectivity index (χ1n) is 8.09. The van der Waals surface area contributed by atoms with Crippen molar-refractivity contribution in [1.29, 1.82) is 0 Å². The van der Waals surface area contributed by atoms with Gasteiger partial charge < -0.3 is 9.80 Å². The van der Waals surface area contributed by atoms with Crippen LogP contribution in [0.25, 0.3) is 0 Å². The summed E-state index contributed by atoms with van der Waals surface area (Å²) in [4.78, 5) is 25.7. The van der Waals surface area contributed by atoms with E-state index >= 15 is 0 Å². The van der Waals surface area contributed by atoms with Crippen molar-refractivity contribution in [1.82, 2.24) is 14.9 Å². The molecule has 0 radical (unpaired) electrons. The summed E-state index contributed by atoms with van der Waals surface area (Å²) < 4.78 is 0. The Bertz CT molecular complexity index is 675. The van der Waals surface area contributed by atoms with E-state index in [0.717, 1.165) is 50.5 Å². The van der Waals surface area contributed by atoms with Gasteiger partial charge in [-0.05, 0) is 36.8 Å². The summed E-state index contributed by atoms with van der Waals surface area (Å²) in [5.74, 6) is 0.991. The number of likely N-dealkylation sites (tertiary alicyclic amines) is 1. The van der Waals surface area contributed by atoms with E-state index in [1.165, 1.54) is 6.42 Å². The van der Waals surface area contributed by atoms with Crippen LogP contribution in [-0.2, 0) is 0 Å². The van der Waals surface area contributed by atoms with Crippen molar-refractivity contribution in [3.63, 3.8) is 0 Å². The summed E-state index contributed by atoms with van der Waals surface area (Å²) in [7, 11) is 0. The Morgan fingerprint density at radius 1 is 1.17 bits per heavy atom. The van der Waals surface area contributed by atoms with Crippen LogP contribution in [0.2, 0.25) is 0 Å². The Labute approximate surface area is 140 Å². The Morgan fingerprint density at radius 3 is 2.83 bits per heavy atom. The third-order valence-corrected chi connectivity index (χ3v) is 5.67. The predicted molar refractivity (Wildman–Crippen MR) is 90.8 cm³/mol. The smallest absolute Gasteiger partial charge is 0.254 e. The molecule has 23 heavy (non-hydrogen) atoms. The number of hydrogen-bond donors (Lipinski definition) is 0. The lowest BCUT2D eigenvalue weighted by molar-refractivity contribution is 0.0557. The molecule has 5 nitrogen and oxygen atoms in total. The van der Waals surface area contributed by atoms with Gasteiger partial charge >= 0.3 is 0 Å². The van der Waals surface area contributed by atoms with Gasteiger partial charge in [-0.2, -0.15) is 11.3 Å². The highest BCUT2D eigenvalue weighted by Crippen LogP contribution is 2.40. The van der Waals surface area contributed by atoms with E-state index in [1.807, 2.05) is 27.8 Å². The summed E-state index contributed by atoms with van der Waals surface area (Å²) in [6.07, 6.45) is 6.96. The molecule has 2 aromatic rings. The molecule has 0 N–H and O–H groups in total. The number of piperidine rings is 1. The van der Waals surface area contributed by atoms with Gasteiger partial charge in [-0.3, -0.25) is 4.79 Å². The molecule has 0 bridgehead atoms. The lowest BCUT2D eigenvalue weighted by Crippen LogP contribution is -2.47. The molecular formula is C17H20N4OS. The summed E-state index contributed by atoms with van der Waals surface area (Å²) in [5.41, 5.74) is 1.02. The highest BCUT2D eigenvalue weighted by atomic mass is 32.1. The molecule has 2 fully saturated rings. The van der Waals surface area contributed by atoms with E-state index in [9.17, 15) is 4.79 Å². The number of aromatic nitrogens is 2. The van der Waals surface area contributed by atoms with Gasteiger partial charge in [-0.1, -0.05) is 0 Å². The number of amides is 1. The van der Waals surface area contributed by atoms with Gasteiger partial charge in [-0.15, -0.1) is 0 Å². The van der Waals surface area contributed by atoms with Crippen LogP contribution < -0.4 is 4.90 Å². The zero-order valence-electron chi connectivity index (χ0n) is 13.0. The molecule has 2 aromatic heterocycles. The second kappa shape index (κ2) is 5.92. The monoisotopic (exact) mass is 328 g/mol. The number of hydrogen-bond acceptors (Lipinski definition) is 5. The molecule has 0 aliphatic carbocycles. The first kappa shape index (κ1) is 14.6. The van der Waals surface area contributed by atoms with E-state index in [4.69, 9.17) is 0 Å². The highest BCUT2D eigenvalue weighted by Gasteiger charge is 2.43. The summed E-state index contributed by atoms with van der Waals surface area (Å²) in [6, 6.07) is 3.77. The number of anilines is 1. The normalized spacial score (nSPS) is 24.3. The third-order valence-electron chi connectivity index (χ3n) is 4.99. The van der Waals surface area contributed by atoms with Gasteiger partial charge in [0.25, 0.3) is 5.91 Å². The Hall–Kier alpha value is -1.95. The number of carbonyl (C=O) groups excluding carboxylic acids is 1. The minimum absolute atomic E-state index is 0.180. The van der Waals surface area contributed by atoms with E-state index in [2.05, 4.69) is 14.9 Å². The molecular weight excluding hydrogens is 308 g/mol. The highest BCUT2D eigenvalue weighted by molar-refractivity contribution is 7.08. The summed E-state index contributed by atoms with van der Waals surface area (Å²) in [5, 5.41) is 3.92. The number of carbonyl (C=O) groups is 1. The molecule has 2 aliphatic heterocycles. The average molecular weight is 328 g/mol. The van der Waals surface area contributed by atoms with Crippen LogP contribution in [-0.4, -0.2) is 47.0 Å². The molecule has 0 unspecified atom stereocenters. The Morgan fingerprint density at radius 2 is 2.04 bits per heavy atom. The van der Waals surface area contributed by atoms with E-state index in [0.29, 0.717) is 0 Å². The lowest BCUT2D eigenvalue weighted by Gasteiger charge is -2.40. The largest absolute Gasteiger partial charge is 0.340 e. The third kappa shape index (κ3) is 2.83. The fourth-order valence-corrected chi connectivity index (χ4v) is 4.47. The minimum atomic E-state index is 0.180. The van der Waals surface area contributed by atoms with Gasteiger partial charge in [0.15, 0.2) is 0 Å². The topological polar surface area (TPSA) is 49.3 Å². The second-order valence-electron chi connectivity index (χ2n) is 6.56. The minimum Gasteiger partial charge on any atom is -0.340 e. The zero-order chi connectivity index (χ0) is 15.7. The number of nitrogens with zero attached hydrogens (tertiary/aromatic N) is 4. The van der Waals surface area contributed by atoms with Crippen molar-refractivity contribution in [2.24, 2.45) is 5.41 Å². The van der Waals surface area contributed by atoms with Crippen LogP contribution in [0.3, 0.4) is 0 Å². The van der Waals surface area contributed by atoms with Crippen LogP contribution in [0, 0.1) is 5.41 Å². The molecule has 120 valence electrons. The maximum Gasteiger partial charge on any atom is 0.254 e. The quantitative estimate of drug-likeness (QED) is 0.850. The van der Waals surface area contributed by atoms with Crippen LogP contribution in [0.4, 0.5) is 5.95 Å². The van der Waals surface area contributed by atoms with Gasteiger partial charge in [0.05, 0.1) is 5.56 Å². The Balaban J connectivity index is 1.48. The molecule has 2 saturated heterocycles. The van der Waals surface area contributed by atoms with Crippen molar-refractivity contribution in [3.05, 3.63) is 40.8 Å². The van der Waals surface area contributed by atoms with Crippen LogP contribution >= 0.6 is 11.3 Å². The van der Waals surface area contributed by atoms with E-state index in [-0.39, 0.29) is 11.3 Å². The number of thiophene rings is 1.